The number of hydrogen-bond acceptors (Lipinski definition) is 3. The topological polar surface area (TPSA) is 62.2 Å². The molecule has 4 nitrogen and oxygen atoms in total. The number of hydrogen-bond donors (Lipinski definition) is 2. The van der Waals surface area contributed by atoms with Crippen LogP contribution in [0.4, 0.5) is 5.69 Å². The molecule has 2 N–H and O–H groups in total. The van der Waals surface area contributed by atoms with Crippen LogP contribution in [0.2, 0.25) is 0 Å². The Morgan fingerprint density at radius 3 is 2.67 bits per heavy atom. The SMILES string of the molecule is Cc1cc(N[C@H](C(=O)O)C(C)C)ccn1. The number of pyridine rings is 1. The largest absolute Gasteiger partial charge is 0.480 e. The van der Waals surface area contributed by atoms with E-state index in [9.17, 15) is 4.79 Å². The molecule has 0 aromatic carbocycles. The Morgan fingerprint density at radius 1 is 1.53 bits per heavy atom. The van der Waals surface area contributed by atoms with Crippen molar-refractivity contribution in [1.29, 1.82) is 0 Å². The summed E-state index contributed by atoms with van der Waals surface area (Å²) in [6, 6.07) is 3.04. The zero-order valence-corrected chi connectivity index (χ0v) is 9.19. The van der Waals surface area contributed by atoms with Gasteiger partial charge in [-0.2, -0.15) is 0 Å². The lowest BCUT2D eigenvalue weighted by molar-refractivity contribution is -0.138. The van der Waals surface area contributed by atoms with Crippen molar-refractivity contribution in [3.63, 3.8) is 0 Å². The quantitative estimate of drug-likeness (QED) is 0.793. The number of carbonyl (C=O) groups is 1. The summed E-state index contributed by atoms with van der Waals surface area (Å²) in [5.41, 5.74) is 1.66. The van der Waals surface area contributed by atoms with Gasteiger partial charge in [-0.3, -0.25) is 4.98 Å². The third-order valence-electron chi connectivity index (χ3n) is 2.15. The van der Waals surface area contributed by atoms with Gasteiger partial charge in [0.05, 0.1) is 0 Å². The summed E-state index contributed by atoms with van der Waals surface area (Å²) in [6.07, 6.45) is 1.66. The predicted octanol–water partition coefficient (Wildman–Crippen LogP) is 1.91. The number of aliphatic carboxylic acids is 1. The molecule has 0 spiro atoms. The molecule has 0 saturated carbocycles. The highest BCUT2D eigenvalue weighted by Gasteiger charge is 2.20. The molecule has 1 heterocycles. The first kappa shape index (κ1) is 11.5. The van der Waals surface area contributed by atoms with E-state index in [0.29, 0.717) is 0 Å². The third-order valence-corrected chi connectivity index (χ3v) is 2.15. The van der Waals surface area contributed by atoms with Crippen LogP contribution in [-0.4, -0.2) is 22.1 Å². The zero-order valence-electron chi connectivity index (χ0n) is 9.19. The van der Waals surface area contributed by atoms with Crippen LogP contribution in [0.1, 0.15) is 19.5 Å². The number of nitrogens with one attached hydrogen (secondary N) is 1. The number of nitrogens with zero attached hydrogens (tertiary/aromatic N) is 1. The Balaban J connectivity index is 2.79. The minimum atomic E-state index is -0.834. The average Bonchev–Trinajstić information content (AvgIpc) is 2.13. The highest BCUT2D eigenvalue weighted by Crippen LogP contribution is 2.13. The normalized spacial score (nSPS) is 12.5. The maximum atomic E-state index is 11.0. The van der Waals surface area contributed by atoms with Crippen LogP contribution in [-0.2, 0) is 4.79 Å². The lowest BCUT2D eigenvalue weighted by atomic mass is 10.0. The number of aryl methyl sites for hydroxylation is 1. The summed E-state index contributed by atoms with van der Waals surface area (Å²) in [5.74, 6) is -0.796. The van der Waals surface area contributed by atoms with Gasteiger partial charge in [-0.1, -0.05) is 13.8 Å². The minimum absolute atomic E-state index is 0.0379. The van der Waals surface area contributed by atoms with E-state index in [1.165, 1.54) is 0 Å². The van der Waals surface area contributed by atoms with E-state index in [4.69, 9.17) is 5.11 Å². The number of aromatic nitrogens is 1. The van der Waals surface area contributed by atoms with Crippen LogP contribution in [0, 0.1) is 12.8 Å². The summed E-state index contributed by atoms with van der Waals surface area (Å²) >= 11 is 0. The molecule has 0 saturated heterocycles. The van der Waals surface area contributed by atoms with E-state index in [2.05, 4.69) is 10.3 Å². The summed E-state index contributed by atoms with van der Waals surface area (Å²) in [5, 5.41) is 12.0. The lowest BCUT2D eigenvalue weighted by Gasteiger charge is -2.19. The van der Waals surface area contributed by atoms with Crippen molar-refractivity contribution in [2.45, 2.75) is 26.8 Å². The fraction of sp³-hybridized carbons (Fsp3) is 0.455. The van der Waals surface area contributed by atoms with Crippen LogP contribution in [0.25, 0.3) is 0 Å². The molecule has 0 bridgehead atoms. The van der Waals surface area contributed by atoms with Crippen molar-refractivity contribution in [2.24, 2.45) is 5.92 Å². The lowest BCUT2D eigenvalue weighted by Crippen LogP contribution is -2.34. The van der Waals surface area contributed by atoms with Gasteiger partial charge in [-0.15, -0.1) is 0 Å². The van der Waals surface area contributed by atoms with Crippen molar-refractivity contribution in [3.8, 4) is 0 Å². The first-order valence-electron chi connectivity index (χ1n) is 4.92. The summed E-state index contributed by atoms with van der Waals surface area (Å²) < 4.78 is 0. The van der Waals surface area contributed by atoms with Crippen molar-refractivity contribution < 1.29 is 9.90 Å². The van der Waals surface area contributed by atoms with Gasteiger partial charge >= 0.3 is 5.97 Å². The van der Waals surface area contributed by atoms with Crippen molar-refractivity contribution >= 4 is 11.7 Å². The third kappa shape index (κ3) is 3.23. The van der Waals surface area contributed by atoms with Crippen LogP contribution in [0.5, 0.6) is 0 Å². The van der Waals surface area contributed by atoms with E-state index in [0.717, 1.165) is 11.4 Å². The first-order chi connectivity index (χ1) is 7.00. The molecule has 1 atom stereocenters. The van der Waals surface area contributed by atoms with Gasteiger partial charge in [0.1, 0.15) is 6.04 Å². The van der Waals surface area contributed by atoms with E-state index in [-0.39, 0.29) is 5.92 Å². The van der Waals surface area contributed by atoms with E-state index in [1.807, 2.05) is 26.8 Å². The molecule has 4 heteroatoms. The molecule has 0 aliphatic rings. The van der Waals surface area contributed by atoms with Crippen LogP contribution >= 0.6 is 0 Å². The maximum absolute atomic E-state index is 11.0. The number of carboxylic acids is 1. The molecule has 0 fully saturated rings. The Morgan fingerprint density at radius 2 is 2.20 bits per heavy atom. The van der Waals surface area contributed by atoms with Crippen LogP contribution < -0.4 is 5.32 Å². The van der Waals surface area contributed by atoms with E-state index >= 15 is 0 Å². The average molecular weight is 208 g/mol. The predicted molar refractivity (Wildman–Crippen MR) is 58.9 cm³/mol. The standard InChI is InChI=1S/C11H16N2O2/c1-7(2)10(11(14)15)13-9-4-5-12-8(3)6-9/h4-7,10H,1-3H3,(H,12,13)(H,14,15)/t10-/m0/s1. The van der Waals surface area contributed by atoms with E-state index in [1.54, 1.807) is 12.3 Å². The zero-order chi connectivity index (χ0) is 11.4. The molecular weight excluding hydrogens is 192 g/mol. The highest BCUT2D eigenvalue weighted by atomic mass is 16.4. The number of rotatable bonds is 4. The monoisotopic (exact) mass is 208 g/mol. The molecule has 0 unspecified atom stereocenters. The molecular formula is C11H16N2O2. The van der Waals surface area contributed by atoms with Crippen molar-refractivity contribution in [3.05, 3.63) is 24.0 Å². The Hall–Kier alpha value is -1.58. The van der Waals surface area contributed by atoms with Crippen molar-refractivity contribution in [1.82, 2.24) is 4.98 Å². The second-order valence-corrected chi connectivity index (χ2v) is 3.89. The van der Waals surface area contributed by atoms with Gasteiger partial charge in [0.15, 0.2) is 0 Å². The molecule has 1 rings (SSSR count). The first-order valence-corrected chi connectivity index (χ1v) is 4.92. The highest BCUT2D eigenvalue weighted by molar-refractivity contribution is 5.77. The minimum Gasteiger partial charge on any atom is -0.480 e. The van der Waals surface area contributed by atoms with Gasteiger partial charge in [0.2, 0.25) is 0 Å². The molecule has 0 aliphatic heterocycles. The summed E-state index contributed by atoms with van der Waals surface area (Å²) in [6.45, 7) is 5.62. The Bertz CT molecular complexity index is 350. The van der Waals surface area contributed by atoms with Crippen LogP contribution in [0.3, 0.4) is 0 Å². The second-order valence-electron chi connectivity index (χ2n) is 3.89. The van der Waals surface area contributed by atoms with Gasteiger partial charge < -0.3 is 10.4 Å². The van der Waals surface area contributed by atoms with Gasteiger partial charge in [0, 0.05) is 17.6 Å². The molecule has 0 amide bonds. The Labute approximate surface area is 89.3 Å². The van der Waals surface area contributed by atoms with Crippen molar-refractivity contribution in [2.75, 3.05) is 5.32 Å². The number of carboxylic acid groups (broad SMARTS) is 1. The van der Waals surface area contributed by atoms with Gasteiger partial charge in [0.25, 0.3) is 0 Å². The summed E-state index contributed by atoms with van der Waals surface area (Å²) in [4.78, 5) is 15.0. The van der Waals surface area contributed by atoms with Gasteiger partial charge in [-0.05, 0) is 25.0 Å². The fourth-order valence-corrected chi connectivity index (χ4v) is 1.33. The molecule has 15 heavy (non-hydrogen) atoms. The molecule has 1 aromatic heterocycles. The molecule has 82 valence electrons. The number of anilines is 1. The fourth-order valence-electron chi connectivity index (χ4n) is 1.33. The molecule has 1 aromatic rings. The molecule has 0 aliphatic carbocycles. The summed E-state index contributed by atoms with van der Waals surface area (Å²) in [7, 11) is 0. The maximum Gasteiger partial charge on any atom is 0.326 e. The van der Waals surface area contributed by atoms with Crippen LogP contribution in [0.15, 0.2) is 18.3 Å². The van der Waals surface area contributed by atoms with Gasteiger partial charge in [-0.25, -0.2) is 4.79 Å². The second kappa shape index (κ2) is 4.77. The van der Waals surface area contributed by atoms with E-state index < -0.39 is 12.0 Å². The molecule has 0 radical (unpaired) electrons. The Kier molecular flexibility index (Phi) is 3.66. The smallest absolute Gasteiger partial charge is 0.326 e.